The van der Waals surface area contributed by atoms with Crippen molar-refractivity contribution in [3.05, 3.63) is 0 Å². The molecule has 1 aliphatic heterocycles. The molecule has 1 fully saturated rings. The molecule has 0 radical (unpaired) electrons. The second kappa shape index (κ2) is 9.32. The Morgan fingerprint density at radius 3 is 2.58 bits per heavy atom. The maximum absolute atomic E-state index is 11.4. The summed E-state index contributed by atoms with van der Waals surface area (Å²) in [7, 11) is 0. The molecule has 1 atom stereocenters. The van der Waals surface area contributed by atoms with Gasteiger partial charge in [-0.1, -0.05) is 6.92 Å². The summed E-state index contributed by atoms with van der Waals surface area (Å²) < 4.78 is 0. The van der Waals surface area contributed by atoms with Crippen LogP contribution in [0.4, 0.5) is 0 Å². The minimum absolute atomic E-state index is 0.183. The highest BCUT2D eigenvalue weighted by Crippen LogP contribution is 2.20. The van der Waals surface area contributed by atoms with Gasteiger partial charge in [-0.05, 0) is 58.7 Å². The molecule has 0 aromatic rings. The average Bonchev–Trinajstić information content (AvgIpc) is 2.43. The molecule has 0 aliphatic carbocycles. The maximum atomic E-state index is 11.4. The van der Waals surface area contributed by atoms with Crippen LogP contribution in [0.3, 0.4) is 0 Å². The largest absolute Gasteiger partial charge is 0.356 e. The van der Waals surface area contributed by atoms with Gasteiger partial charge >= 0.3 is 0 Å². The SMILES string of the molecule is CCCNC(C)C1CCN(CCC(=O)NCC)CC1. The Hall–Kier alpha value is -0.610. The van der Waals surface area contributed by atoms with Crippen LogP contribution in [-0.2, 0) is 4.79 Å². The van der Waals surface area contributed by atoms with Gasteiger partial charge in [0.2, 0.25) is 5.91 Å². The first-order valence-corrected chi connectivity index (χ1v) is 7.89. The molecule has 1 unspecified atom stereocenters. The number of amides is 1. The lowest BCUT2D eigenvalue weighted by Crippen LogP contribution is -2.43. The Morgan fingerprint density at radius 1 is 1.32 bits per heavy atom. The first-order chi connectivity index (χ1) is 9.17. The van der Waals surface area contributed by atoms with Gasteiger partial charge in [-0.15, -0.1) is 0 Å². The summed E-state index contributed by atoms with van der Waals surface area (Å²) in [5.41, 5.74) is 0. The van der Waals surface area contributed by atoms with Gasteiger partial charge in [0, 0.05) is 25.6 Å². The highest BCUT2D eigenvalue weighted by Gasteiger charge is 2.23. The van der Waals surface area contributed by atoms with Crippen LogP contribution in [0.2, 0.25) is 0 Å². The molecule has 1 amide bonds. The van der Waals surface area contributed by atoms with Crippen LogP contribution in [0.1, 0.15) is 46.5 Å². The summed E-state index contributed by atoms with van der Waals surface area (Å²) >= 11 is 0. The van der Waals surface area contributed by atoms with Crippen molar-refractivity contribution in [1.29, 1.82) is 0 Å². The number of carbonyl (C=O) groups is 1. The van der Waals surface area contributed by atoms with Crippen LogP contribution in [0.25, 0.3) is 0 Å². The third kappa shape index (κ3) is 6.39. The van der Waals surface area contributed by atoms with E-state index in [1.807, 2.05) is 6.92 Å². The van der Waals surface area contributed by atoms with Crippen molar-refractivity contribution in [3.63, 3.8) is 0 Å². The van der Waals surface area contributed by atoms with Crippen molar-refractivity contribution < 1.29 is 4.79 Å². The van der Waals surface area contributed by atoms with E-state index in [0.717, 1.165) is 38.6 Å². The molecular formula is C15H31N3O. The lowest BCUT2D eigenvalue weighted by Gasteiger charge is -2.35. The molecule has 1 aliphatic rings. The van der Waals surface area contributed by atoms with Gasteiger partial charge < -0.3 is 15.5 Å². The van der Waals surface area contributed by atoms with Gasteiger partial charge in [-0.25, -0.2) is 0 Å². The Bertz CT molecular complexity index is 250. The lowest BCUT2D eigenvalue weighted by atomic mass is 9.90. The molecular weight excluding hydrogens is 238 g/mol. The maximum Gasteiger partial charge on any atom is 0.221 e. The van der Waals surface area contributed by atoms with Crippen LogP contribution in [-0.4, -0.2) is 49.6 Å². The minimum atomic E-state index is 0.183. The Morgan fingerprint density at radius 2 is 2.00 bits per heavy atom. The zero-order chi connectivity index (χ0) is 14.1. The first-order valence-electron chi connectivity index (χ1n) is 7.89. The Labute approximate surface area is 118 Å². The molecule has 1 rings (SSSR count). The first kappa shape index (κ1) is 16.4. The predicted octanol–water partition coefficient (Wildman–Crippen LogP) is 1.61. The van der Waals surface area contributed by atoms with Crippen molar-refractivity contribution in [2.45, 2.75) is 52.5 Å². The van der Waals surface area contributed by atoms with Gasteiger partial charge in [0.1, 0.15) is 0 Å². The standard InChI is InChI=1S/C15H31N3O/c1-4-9-17-13(3)14-6-10-18(11-7-14)12-8-15(19)16-5-2/h13-14,17H,4-12H2,1-3H3,(H,16,19). The van der Waals surface area contributed by atoms with Crippen molar-refractivity contribution in [2.24, 2.45) is 5.92 Å². The molecule has 0 bridgehead atoms. The summed E-state index contributed by atoms with van der Waals surface area (Å²) in [6, 6.07) is 0.630. The molecule has 4 heteroatoms. The Kier molecular flexibility index (Phi) is 8.07. The molecule has 1 heterocycles. The molecule has 0 aromatic heterocycles. The summed E-state index contributed by atoms with van der Waals surface area (Å²) in [5, 5.41) is 6.46. The number of hydrogen-bond acceptors (Lipinski definition) is 3. The lowest BCUT2D eigenvalue weighted by molar-refractivity contribution is -0.121. The van der Waals surface area contributed by atoms with E-state index in [9.17, 15) is 4.79 Å². The van der Waals surface area contributed by atoms with Crippen LogP contribution in [0.5, 0.6) is 0 Å². The quantitative estimate of drug-likeness (QED) is 0.704. The minimum Gasteiger partial charge on any atom is -0.356 e. The van der Waals surface area contributed by atoms with Crippen LogP contribution in [0, 0.1) is 5.92 Å². The van der Waals surface area contributed by atoms with Crippen molar-refractivity contribution in [2.75, 3.05) is 32.7 Å². The van der Waals surface area contributed by atoms with Crippen LogP contribution in [0.15, 0.2) is 0 Å². The van der Waals surface area contributed by atoms with E-state index in [2.05, 4.69) is 29.4 Å². The highest BCUT2D eigenvalue weighted by atomic mass is 16.1. The van der Waals surface area contributed by atoms with E-state index < -0.39 is 0 Å². The molecule has 0 aromatic carbocycles. The predicted molar refractivity (Wildman–Crippen MR) is 80.2 cm³/mol. The van der Waals surface area contributed by atoms with Gasteiger partial charge in [0.25, 0.3) is 0 Å². The topological polar surface area (TPSA) is 44.4 Å². The fraction of sp³-hybridized carbons (Fsp3) is 0.933. The van der Waals surface area contributed by atoms with Gasteiger partial charge in [-0.2, -0.15) is 0 Å². The summed E-state index contributed by atoms with van der Waals surface area (Å²) in [4.78, 5) is 13.9. The number of hydrogen-bond donors (Lipinski definition) is 2. The van der Waals surface area contributed by atoms with Crippen molar-refractivity contribution in [1.82, 2.24) is 15.5 Å². The van der Waals surface area contributed by atoms with E-state index in [-0.39, 0.29) is 5.91 Å². The molecule has 4 nitrogen and oxygen atoms in total. The number of rotatable bonds is 8. The second-order valence-electron chi connectivity index (χ2n) is 5.63. The van der Waals surface area contributed by atoms with E-state index in [0.29, 0.717) is 12.5 Å². The van der Waals surface area contributed by atoms with E-state index >= 15 is 0 Å². The fourth-order valence-corrected chi connectivity index (χ4v) is 2.76. The van der Waals surface area contributed by atoms with Crippen LogP contribution < -0.4 is 10.6 Å². The number of nitrogens with zero attached hydrogens (tertiary/aromatic N) is 1. The van der Waals surface area contributed by atoms with Crippen molar-refractivity contribution >= 4 is 5.91 Å². The van der Waals surface area contributed by atoms with E-state index in [4.69, 9.17) is 0 Å². The third-order valence-electron chi connectivity index (χ3n) is 4.08. The second-order valence-corrected chi connectivity index (χ2v) is 5.63. The third-order valence-corrected chi connectivity index (χ3v) is 4.08. The summed E-state index contributed by atoms with van der Waals surface area (Å²) in [6.07, 6.45) is 4.36. The molecule has 19 heavy (non-hydrogen) atoms. The number of likely N-dealkylation sites (tertiary alicyclic amines) is 1. The molecule has 0 saturated carbocycles. The summed E-state index contributed by atoms with van der Waals surface area (Å²) in [6.45, 7) is 11.5. The Balaban J connectivity index is 2.16. The molecule has 112 valence electrons. The highest BCUT2D eigenvalue weighted by molar-refractivity contribution is 5.75. The average molecular weight is 269 g/mol. The number of piperidine rings is 1. The van der Waals surface area contributed by atoms with Crippen molar-refractivity contribution in [3.8, 4) is 0 Å². The molecule has 2 N–H and O–H groups in total. The zero-order valence-electron chi connectivity index (χ0n) is 12.9. The number of carbonyl (C=O) groups excluding carboxylic acids is 1. The molecule has 1 saturated heterocycles. The fourth-order valence-electron chi connectivity index (χ4n) is 2.76. The normalized spacial score (nSPS) is 19.3. The smallest absolute Gasteiger partial charge is 0.221 e. The van der Waals surface area contributed by atoms with Gasteiger partial charge in [0.15, 0.2) is 0 Å². The summed E-state index contributed by atoms with van der Waals surface area (Å²) in [5.74, 6) is 0.981. The van der Waals surface area contributed by atoms with E-state index in [1.165, 1.54) is 19.3 Å². The van der Waals surface area contributed by atoms with Gasteiger partial charge in [0.05, 0.1) is 0 Å². The van der Waals surface area contributed by atoms with Crippen LogP contribution >= 0.6 is 0 Å². The van der Waals surface area contributed by atoms with Gasteiger partial charge in [-0.3, -0.25) is 4.79 Å². The molecule has 0 spiro atoms. The number of nitrogens with one attached hydrogen (secondary N) is 2. The zero-order valence-corrected chi connectivity index (χ0v) is 12.9. The van der Waals surface area contributed by atoms with E-state index in [1.54, 1.807) is 0 Å². The monoisotopic (exact) mass is 269 g/mol.